The highest BCUT2D eigenvalue weighted by Gasteiger charge is 2.49. The van der Waals surface area contributed by atoms with Gasteiger partial charge in [0.1, 0.15) is 18.6 Å². The van der Waals surface area contributed by atoms with E-state index in [1.165, 1.54) is 16.2 Å². The maximum Gasteiger partial charge on any atom is 0.416 e. The highest BCUT2D eigenvalue weighted by molar-refractivity contribution is 7.14. The Morgan fingerprint density at radius 3 is 2.81 bits per heavy atom. The highest BCUT2D eigenvalue weighted by Crippen LogP contribution is 2.44. The molecule has 9 nitrogen and oxygen atoms in total. The van der Waals surface area contributed by atoms with Gasteiger partial charge in [0.15, 0.2) is 5.82 Å². The van der Waals surface area contributed by atoms with Crippen LogP contribution in [0.3, 0.4) is 0 Å². The largest absolute Gasteiger partial charge is 0.461 e. The topological polar surface area (TPSA) is 97.0 Å². The second-order valence-corrected chi connectivity index (χ2v) is 14.5. The van der Waals surface area contributed by atoms with Crippen molar-refractivity contribution in [3.8, 4) is 6.01 Å². The van der Waals surface area contributed by atoms with E-state index in [-0.39, 0.29) is 31.6 Å². The predicted molar refractivity (Wildman–Crippen MR) is 169 cm³/mol. The number of hydrogen-bond acceptors (Lipinski definition) is 9. The fraction of sp³-hybridized carbons (Fsp3) is 0.545. The number of rotatable bonds is 6. The van der Waals surface area contributed by atoms with Gasteiger partial charge in [0.2, 0.25) is 0 Å². The lowest BCUT2D eigenvalue weighted by molar-refractivity contribution is -0.140. The van der Waals surface area contributed by atoms with Crippen LogP contribution in [0.2, 0.25) is 0 Å². The molecule has 0 unspecified atom stereocenters. The maximum absolute atomic E-state index is 15.3. The van der Waals surface area contributed by atoms with Crippen LogP contribution in [0.5, 0.6) is 6.01 Å². The summed E-state index contributed by atoms with van der Waals surface area (Å²) in [5, 5.41) is 0. The normalized spacial score (nSPS) is 24.2. The van der Waals surface area contributed by atoms with Gasteiger partial charge in [0, 0.05) is 62.6 Å². The quantitative estimate of drug-likeness (QED) is 0.260. The number of aryl methyl sites for hydroxylation is 1. The van der Waals surface area contributed by atoms with Crippen molar-refractivity contribution in [3.05, 3.63) is 61.7 Å². The lowest BCUT2D eigenvalue weighted by Crippen LogP contribution is -2.43. The second kappa shape index (κ2) is 12.4. The molecule has 3 atom stereocenters. The first-order valence-corrected chi connectivity index (χ1v) is 16.9. The number of nitrogens with two attached hydrogens (primary N) is 1. The van der Waals surface area contributed by atoms with Crippen LogP contribution in [-0.4, -0.2) is 77.7 Å². The number of thiophene rings is 1. The van der Waals surface area contributed by atoms with Crippen molar-refractivity contribution >= 4 is 28.7 Å². The number of carbonyl (C=O) groups is 1. The molecule has 48 heavy (non-hydrogen) atoms. The molecule has 1 aromatic carbocycles. The zero-order valence-electron chi connectivity index (χ0n) is 26.7. The van der Waals surface area contributed by atoms with Crippen molar-refractivity contribution in [2.24, 2.45) is 0 Å². The third kappa shape index (κ3) is 5.98. The molecular formula is C33H37F5N6O3S. The molecule has 0 radical (unpaired) electrons. The van der Waals surface area contributed by atoms with Gasteiger partial charge in [0.25, 0.3) is 5.91 Å². The molecule has 2 fully saturated rings. The Morgan fingerprint density at radius 1 is 1.23 bits per heavy atom. The van der Waals surface area contributed by atoms with E-state index in [0.29, 0.717) is 48.0 Å². The average Bonchev–Trinajstić information content (AvgIpc) is 3.66. The number of amides is 1. The van der Waals surface area contributed by atoms with E-state index < -0.39 is 46.6 Å². The molecule has 2 N–H and O–H groups in total. The van der Waals surface area contributed by atoms with E-state index in [2.05, 4.69) is 14.8 Å². The summed E-state index contributed by atoms with van der Waals surface area (Å²) < 4.78 is 84.2. The number of hydrogen-bond donors (Lipinski definition) is 1. The maximum atomic E-state index is 15.3. The van der Waals surface area contributed by atoms with Gasteiger partial charge in [-0.1, -0.05) is 0 Å². The van der Waals surface area contributed by atoms with Crippen LogP contribution < -0.4 is 15.4 Å². The van der Waals surface area contributed by atoms with Gasteiger partial charge >= 0.3 is 12.2 Å². The smallest absolute Gasteiger partial charge is 0.416 e. The van der Waals surface area contributed by atoms with E-state index >= 15 is 4.39 Å². The van der Waals surface area contributed by atoms with Gasteiger partial charge in [-0.15, -0.1) is 11.3 Å². The van der Waals surface area contributed by atoms with Crippen molar-refractivity contribution in [2.45, 2.75) is 75.7 Å². The van der Waals surface area contributed by atoms with Crippen LogP contribution in [0.15, 0.2) is 18.2 Å². The molecule has 15 heteroatoms. The van der Waals surface area contributed by atoms with Gasteiger partial charge in [-0.3, -0.25) is 9.69 Å². The molecule has 6 heterocycles. The lowest BCUT2D eigenvalue weighted by Gasteiger charge is -2.33. The first kappa shape index (κ1) is 33.0. The summed E-state index contributed by atoms with van der Waals surface area (Å²) in [6.45, 7) is 2.16. The zero-order valence-corrected chi connectivity index (χ0v) is 27.5. The molecule has 0 aliphatic carbocycles. The third-order valence-corrected chi connectivity index (χ3v) is 11.2. The van der Waals surface area contributed by atoms with Gasteiger partial charge in [0.05, 0.1) is 40.1 Å². The van der Waals surface area contributed by atoms with Crippen molar-refractivity contribution in [3.63, 3.8) is 0 Å². The molecule has 2 aromatic heterocycles. The van der Waals surface area contributed by atoms with E-state index in [1.54, 1.807) is 14.1 Å². The summed E-state index contributed by atoms with van der Waals surface area (Å²) >= 11 is 1.48. The number of aromatic nitrogens is 2. The molecule has 1 amide bonds. The summed E-state index contributed by atoms with van der Waals surface area (Å²) in [5.74, 6) is -0.747. The Balaban J connectivity index is 1.26. The van der Waals surface area contributed by atoms with Gasteiger partial charge in [-0.05, 0) is 56.0 Å². The standard InChI is InChI=1S/C33H37F5N6O3S/c1-42(2)30(45)26-11-18-14-43(9-3-5-25(18)48-26)29-20-16-46-24(27-21(33(36,37)38)6-7-22(39)28(27)35)12-23(20)40-31(41-29)47-17-32-8-4-10-44(32)15-19(34)13-32/h6-7,11,19,24H,3-5,8-10,12-17,39H2,1-2H3/t19-,24+,32+/m1/s1. The van der Waals surface area contributed by atoms with Crippen molar-refractivity contribution in [2.75, 3.05) is 51.0 Å². The Kier molecular flexibility index (Phi) is 8.51. The molecule has 4 aliphatic rings. The highest BCUT2D eigenvalue weighted by atomic mass is 32.1. The number of nitrogen functional groups attached to an aromatic ring is 1. The van der Waals surface area contributed by atoms with Crippen molar-refractivity contribution in [1.29, 1.82) is 0 Å². The van der Waals surface area contributed by atoms with E-state index in [9.17, 15) is 22.4 Å². The van der Waals surface area contributed by atoms with E-state index in [4.69, 9.17) is 20.2 Å². The number of fused-ring (bicyclic) bond motifs is 3. The number of nitrogens with zero attached hydrogens (tertiary/aromatic N) is 5. The molecule has 0 bridgehead atoms. The van der Waals surface area contributed by atoms with Crippen LogP contribution in [0.1, 0.15) is 74.3 Å². The van der Waals surface area contributed by atoms with Crippen LogP contribution in [0.25, 0.3) is 0 Å². The Hall–Kier alpha value is -3.56. The molecule has 3 aromatic rings. The minimum Gasteiger partial charge on any atom is -0.461 e. The van der Waals surface area contributed by atoms with Gasteiger partial charge < -0.3 is 25.0 Å². The van der Waals surface area contributed by atoms with Crippen LogP contribution >= 0.6 is 11.3 Å². The zero-order chi connectivity index (χ0) is 34.0. The lowest BCUT2D eigenvalue weighted by atomic mass is 9.94. The molecule has 4 aliphatic heterocycles. The van der Waals surface area contributed by atoms with Crippen molar-refractivity contribution in [1.82, 2.24) is 19.8 Å². The van der Waals surface area contributed by atoms with Crippen LogP contribution in [-0.2, 0) is 36.9 Å². The van der Waals surface area contributed by atoms with Gasteiger partial charge in [-0.25, -0.2) is 8.78 Å². The first-order chi connectivity index (χ1) is 22.8. The monoisotopic (exact) mass is 692 g/mol. The minimum absolute atomic E-state index is 0.0234. The summed E-state index contributed by atoms with van der Waals surface area (Å²) in [7, 11) is 3.41. The van der Waals surface area contributed by atoms with Crippen LogP contribution in [0.4, 0.5) is 33.5 Å². The number of benzene rings is 1. The van der Waals surface area contributed by atoms with Crippen molar-refractivity contribution < 1.29 is 36.2 Å². The third-order valence-electron chi connectivity index (χ3n) is 9.93. The molecule has 0 spiro atoms. The van der Waals surface area contributed by atoms with E-state index in [1.807, 2.05) is 6.07 Å². The number of halogens is 5. The molecule has 258 valence electrons. The SMILES string of the molecule is CN(C)C(=O)c1cc2c(s1)CCCN(c1nc(OC[C@@]34CCCN3C[C@H](F)C4)nc3c1CO[C@H](c1c(C(F)(F)F)ccc(N)c1F)C3)C2. The number of carbonyl (C=O) groups excluding carboxylic acids is 1. The predicted octanol–water partition coefficient (Wildman–Crippen LogP) is 5.70. The van der Waals surface area contributed by atoms with Crippen LogP contribution in [0, 0.1) is 5.82 Å². The number of alkyl halides is 4. The fourth-order valence-electron chi connectivity index (χ4n) is 7.59. The molecule has 0 saturated carbocycles. The fourth-order valence-corrected chi connectivity index (χ4v) is 8.83. The Bertz CT molecular complexity index is 1730. The number of anilines is 2. The summed E-state index contributed by atoms with van der Waals surface area (Å²) in [6.07, 6.45) is -3.70. The Labute approximate surface area is 278 Å². The summed E-state index contributed by atoms with van der Waals surface area (Å²) in [6, 6.07) is 3.59. The van der Waals surface area contributed by atoms with E-state index in [0.717, 1.165) is 54.8 Å². The summed E-state index contributed by atoms with van der Waals surface area (Å²) in [4.78, 5) is 29.7. The summed E-state index contributed by atoms with van der Waals surface area (Å²) in [5.41, 5.74) is 4.97. The molecule has 2 saturated heterocycles. The van der Waals surface area contributed by atoms with Gasteiger partial charge in [-0.2, -0.15) is 23.1 Å². The minimum atomic E-state index is -4.84. The Morgan fingerprint density at radius 2 is 2.04 bits per heavy atom. The average molecular weight is 693 g/mol. The number of ether oxygens (including phenoxy) is 2. The molecule has 7 rings (SSSR count). The first-order valence-electron chi connectivity index (χ1n) is 16.1. The second-order valence-electron chi connectivity index (χ2n) is 13.3. The molecular weight excluding hydrogens is 655 g/mol.